The van der Waals surface area contributed by atoms with E-state index in [-0.39, 0.29) is 6.04 Å². The Morgan fingerprint density at radius 3 is 2.81 bits per heavy atom. The summed E-state index contributed by atoms with van der Waals surface area (Å²) in [6.45, 7) is 0.761. The monoisotopic (exact) mass is 234 g/mol. The van der Waals surface area contributed by atoms with Gasteiger partial charge in [-0.25, -0.2) is 0 Å². The summed E-state index contributed by atoms with van der Waals surface area (Å²) in [4.78, 5) is 0. The van der Waals surface area contributed by atoms with Crippen LogP contribution in [0.25, 0.3) is 10.1 Å². The molecule has 16 heavy (non-hydrogen) atoms. The molecular formula is C13H18N2S. The number of hydrogen-bond donors (Lipinski definition) is 2. The molecule has 2 aromatic rings. The van der Waals surface area contributed by atoms with E-state index in [1.807, 2.05) is 0 Å². The number of fused-ring (bicyclic) bond motifs is 1. The molecule has 86 valence electrons. The molecule has 2 nitrogen and oxygen atoms in total. The molecule has 0 saturated carbocycles. The van der Waals surface area contributed by atoms with Crippen molar-refractivity contribution in [3.05, 3.63) is 35.2 Å². The first-order chi connectivity index (χ1) is 7.83. The van der Waals surface area contributed by atoms with E-state index in [0.717, 1.165) is 25.8 Å². The highest BCUT2D eigenvalue weighted by atomic mass is 32.1. The van der Waals surface area contributed by atoms with E-state index in [1.165, 1.54) is 15.6 Å². The number of benzene rings is 1. The molecule has 0 fully saturated rings. The largest absolute Gasteiger partial charge is 0.330 e. The third-order valence-corrected chi connectivity index (χ3v) is 3.86. The van der Waals surface area contributed by atoms with E-state index in [2.05, 4.69) is 29.6 Å². The van der Waals surface area contributed by atoms with Gasteiger partial charge in [0.25, 0.3) is 0 Å². The van der Waals surface area contributed by atoms with Crippen LogP contribution in [0.15, 0.2) is 29.6 Å². The fourth-order valence-corrected chi connectivity index (χ4v) is 2.98. The lowest BCUT2D eigenvalue weighted by Gasteiger charge is -2.10. The highest BCUT2D eigenvalue weighted by molar-refractivity contribution is 7.17. The zero-order valence-corrected chi connectivity index (χ0v) is 10.2. The highest BCUT2D eigenvalue weighted by Gasteiger charge is 2.10. The maximum atomic E-state index is 6.21. The maximum Gasteiger partial charge on any atom is 0.0346 e. The molecule has 3 heteroatoms. The van der Waals surface area contributed by atoms with Crippen molar-refractivity contribution >= 4 is 21.4 Å². The maximum absolute atomic E-state index is 6.21. The van der Waals surface area contributed by atoms with Crippen LogP contribution in [0.3, 0.4) is 0 Å². The van der Waals surface area contributed by atoms with Gasteiger partial charge in [0.15, 0.2) is 0 Å². The molecule has 1 atom stereocenters. The van der Waals surface area contributed by atoms with Crippen molar-refractivity contribution in [3.8, 4) is 0 Å². The molecule has 1 aromatic carbocycles. The summed E-state index contributed by atoms with van der Waals surface area (Å²) in [6, 6.07) is 8.61. The molecule has 1 aromatic heterocycles. The molecule has 2 rings (SSSR count). The normalized spacial score (nSPS) is 13.1. The van der Waals surface area contributed by atoms with Gasteiger partial charge in [-0.2, -0.15) is 0 Å². The molecule has 0 spiro atoms. The first kappa shape index (κ1) is 11.6. The van der Waals surface area contributed by atoms with Crippen LogP contribution in [0.4, 0.5) is 0 Å². The van der Waals surface area contributed by atoms with Gasteiger partial charge in [0.05, 0.1) is 0 Å². The van der Waals surface area contributed by atoms with Gasteiger partial charge >= 0.3 is 0 Å². The first-order valence-electron chi connectivity index (χ1n) is 5.74. The summed E-state index contributed by atoms with van der Waals surface area (Å²) in [7, 11) is 0. The van der Waals surface area contributed by atoms with Crippen molar-refractivity contribution in [2.24, 2.45) is 11.5 Å². The number of rotatable bonds is 5. The van der Waals surface area contributed by atoms with E-state index in [0.29, 0.717) is 0 Å². The summed E-state index contributed by atoms with van der Waals surface area (Å²) in [5.41, 5.74) is 13.0. The number of nitrogens with two attached hydrogens (primary N) is 2. The molecule has 0 aliphatic rings. The smallest absolute Gasteiger partial charge is 0.0346 e. The summed E-state index contributed by atoms with van der Waals surface area (Å²) in [5, 5.41) is 3.50. The van der Waals surface area contributed by atoms with Gasteiger partial charge in [0.1, 0.15) is 0 Å². The molecule has 0 unspecified atom stereocenters. The fourth-order valence-electron chi connectivity index (χ4n) is 1.95. The van der Waals surface area contributed by atoms with Gasteiger partial charge < -0.3 is 11.5 Å². The lowest BCUT2D eigenvalue weighted by molar-refractivity contribution is 0.595. The van der Waals surface area contributed by atoms with Crippen molar-refractivity contribution in [1.82, 2.24) is 0 Å². The minimum atomic E-state index is 0.155. The molecule has 0 radical (unpaired) electrons. The Morgan fingerprint density at radius 1 is 1.19 bits per heavy atom. The number of hydrogen-bond acceptors (Lipinski definition) is 3. The minimum absolute atomic E-state index is 0.155. The zero-order chi connectivity index (χ0) is 11.4. The zero-order valence-electron chi connectivity index (χ0n) is 9.36. The van der Waals surface area contributed by atoms with Crippen molar-refractivity contribution in [2.45, 2.75) is 25.3 Å². The van der Waals surface area contributed by atoms with Crippen molar-refractivity contribution in [1.29, 1.82) is 0 Å². The van der Waals surface area contributed by atoms with E-state index >= 15 is 0 Å². The summed E-state index contributed by atoms with van der Waals surface area (Å²) >= 11 is 1.78. The number of unbranched alkanes of at least 4 members (excludes halogenated alkanes) is 1. The topological polar surface area (TPSA) is 52.0 Å². The lowest BCUT2D eigenvalue weighted by Crippen LogP contribution is -2.10. The average Bonchev–Trinajstić information content (AvgIpc) is 2.73. The van der Waals surface area contributed by atoms with Crippen molar-refractivity contribution < 1.29 is 0 Å². The summed E-state index contributed by atoms with van der Waals surface area (Å²) in [6.07, 6.45) is 3.20. The lowest BCUT2D eigenvalue weighted by atomic mass is 10.0. The Labute approximate surface area is 100 Å². The van der Waals surface area contributed by atoms with Crippen LogP contribution in [-0.2, 0) is 0 Å². The molecule has 0 amide bonds. The molecule has 0 aliphatic heterocycles. The van der Waals surface area contributed by atoms with Crippen LogP contribution in [0.1, 0.15) is 30.9 Å². The molecule has 1 heterocycles. The SMILES string of the molecule is NCCCC[C@@H](N)c1csc2ccccc12. The van der Waals surface area contributed by atoms with Gasteiger partial charge in [-0.15, -0.1) is 11.3 Å². The quantitative estimate of drug-likeness (QED) is 0.781. The van der Waals surface area contributed by atoms with Crippen LogP contribution in [0.2, 0.25) is 0 Å². The fraction of sp³-hybridized carbons (Fsp3) is 0.385. The van der Waals surface area contributed by atoms with Gasteiger partial charge in [-0.05, 0) is 41.8 Å². The first-order valence-corrected chi connectivity index (χ1v) is 6.62. The molecular weight excluding hydrogens is 216 g/mol. The van der Waals surface area contributed by atoms with Crippen LogP contribution < -0.4 is 11.5 Å². The Bertz CT molecular complexity index is 450. The standard InChI is InChI=1S/C13H18N2S/c14-8-4-3-6-12(15)11-9-16-13-7-2-1-5-10(11)13/h1-2,5,7,9,12H,3-4,6,8,14-15H2/t12-/m1/s1. The Kier molecular flexibility index (Phi) is 3.93. The average molecular weight is 234 g/mol. The second-order valence-corrected chi connectivity index (χ2v) is 4.99. The Hall–Kier alpha value is -0.900. The summed E-state index contributed by atoms with van der Waals surface area (Å²) in [5.74, 6) is 0. The highest BCUT2D eigenvalue weighted by Crippen LogP contribution is 2.30. The minimum Gasteiger partial charge on any atom is -0.330 e. The van der Waals surface area contributed by atoms with Crippen LogP contribution in [-0.4, -0.2) is 6.54 Å². The second-order valence-electron chi connectivity index (χ2n) is 4.08. The third kappa shape index (κ3) is 2.43. The molecule has 4 N–H and O–H groups in total. The van der Waals surface area contributed by atoms with Crippen molar-refractivity contribution in [2.75, 3.05) is 6.54 Å². The van der Waals surface area contributed by atoms with Crippen LogP contribution >= 0.6 is 11.3 Å². The van der Waals surface area contributed by atoms with Gasteiger partial charge in [0, 0.05) is 10.7 Å². The Morgan fingerprint density at radius 2 is 2.00 bits per heavy atom. The summed E-state index contributed by atoms with van der Waals surface area (Å²) < 4.78 is 1.33. The molecule has 0 aliphatic carbocycles. The predicted octanol–water partition coefficient (Wildman–Crippen LogP) is 3.03. The van der Waals surface area contributed by atoms with Crippen molar-refractivity contribution in [3.63, 3.8) is 0 Å². The van der Waals surface area contributed by atoms with Gasteiger partial charge in [0.2, 0.25) is 0 Å². The van der Waals surface area contributed by atoms with E-state index < -0.39 is 0 Å². The van der Waals surface area contributed by atoms with Crippen LogP contribution in [0, 0.1) is 0 Å². The third-order valence-electron chi connectivity index (χ3n) is 2.88. The van der Waals surface area contributed by atoms with Gasteiger partial charge in [-0.1, -0.05) is 24.6 Å². The Balaban J connectivity index is 2.13. The second kappa shape index (κ2) is 5.43. The van der Waals surface area contributed by atoms with Crippen LogP contribution in [0.5, 0.6) is 0 Å². The number of thiophene rings is 1. The van der Waals surface area contributed by atoms with E-state index in [9.17, 15) is 0 Å². The van der Waals surface area contributed by atoms with E-state index in [4.69, 9.17) is 11.5 Å². The van der Waals surface area contributed by atoms with E-state index in [1.54, 1.807) is 11.3 Å². The predicted molar refractivity (Wildman–Crippen MR) is 71.7 cm³/mol. The molecule has 0 saturated heterocycles. The van der Waals surface area contributed by atoms with Gasteiger partial charge in [-0.3, -0.25) is 0 Å². The molecule has 0 bridgehead atoms.